The number of benzene rings is 2. The zero-order valence-corrected chi connectivity index (χ0v) is 17.0. The second kappa shape index (κ2) is 10.7. The number of carbonyl (C=O) groups excluding carboxylic acids is 3. The molecule has 0 aliphatic carbocycles. The number of hydrogen-bond donors (Lipinski definition) is 2. The van der Waals surface area contributed by atoms with Gasteiger partial charge in [0.05, 0.1) is 12.5 Å². The predicted molar refractivity (Wildman–Crippen MR) is 119 cm³/mol. The quantitative estimate of drug-likeness (QED) is 0.447. The van der Waals surface area contributed by atoms with Gasteiger partial charge < -0.3 is 10.6 Å². The SMILES string of the molecule is C=C/C=C(\C=C)C(NC(=O)CC(NC=O)C(C)=O)(c1ccccc1)c1ccccc1. The summed E-state index contributed by atoms with van der Waals surface area (Å²) in [7, 11) is 0. The van der Waals surface area contributed by atoms with E-state index in [1.165, 1.54) is 6.92 Å². The molecular formula is C25H26N2O3. The summed E-state index contributed by atoms with van der Waals surface area (Å²) in [6, 6.07) is 18.1. The summed E-state index contributed by atoms with van der Waals surface area (Å²) in [5, 5.41) is 5.51. The highest BCUT2D eigenvalue weighted by Gasteiger charge is 2.38. The Hall–Kier alpha value is -3.73. The average molecular weight is 402 g/mol. The highest BCUT2D eigenvalue weighted by atomic mass is 16.2. The van der Waals surface area contributed by atoms with Crippen molar-refractivity contribution in [2.45, 2.75) is 24.9 Å². The summed E-state index contributed by atoms with van der Waals surface area (Å²) >= 11 is 0. The molecule has 30 heavy (non-hydrogen) atoms. The van der Waals surface area contributed by atoms with Gasteiger partial charge in [0.15, 0.2) is 5.78 Å². The molecule has 2 aromatic rings. The normalized spacial score (nSPS) is 12.4. The summed E-state index contributed by atoms with van der Waals surface area (Å²) in [4.78, 5) is 35.8. The van der Waals surface area contributed by atoms with Crippen LogP contribution in [0.1, 0.15) is 24.5 Å². The fourth-order valence-corrected chi connectivity index (χ4v) is 3.41. The minimum atomic E-state index is -1.06. The molecule has 0 aliphatic heterocycles. The molecule has 0 aromatic heterocycles. The molecule has 2 aromatic carbocycles. The monoisotopic (exact) mass is 402 g/mol. The van der Waals surface area contributed by atoms with Gasteiger partial charge in [-0.05, 0) is 23.6 Å². The van der Waals surface area contributed by atoms with E-state index in [0.717, 1.165) is 11.1 Å². The summed E-state index contributed by atoms with van der Waals surface area (Å²) in [6.07, 6.45) is 5.34. The van der Waals surface area contributed by atoms with Crippen LogP contribution in [0.5, 0.6) is 0 Å². The summed E-state index contributed by atoms with van der Waals surface area (Å²) < 4.78 is 0. The standard InChI is InChI=1S/C25H26N2O3/c1-4-12-20(5-2)25(21-13-8-6-9-14-21,22-15-10-7-11-16-22)27-24(30)17-23(19(3)29)26-18-28/h4-16,18,23H,1-2,17H2,3H3,(H,26,28)(H,27,30)/b20-12+. The third kappa shape index (κ3) is 5.00. The van der Waals surface area contributed by atoms with Gasteiger partial charge in [0.2, 0.25) is 12.3 Å². The lowest BCUT2D eigenvalue weighted by Gasteiger charge is -2.38. The van der Waals surface area contributed by atoms with Crippen molar-refractivity contribution in [3.63, 3.8) is 0 Å². The molecule has 2 rings (SSSR count). The van der Waals surface area contributed by atoms with E-state index >= 15 is 0 Å². The van der Waals surface area contributed by atoms with Crippen LogP contribution >= 0.6 is 0 Å². The first-order valence-electron chi connectivity index (χ1n) is 9.57. The van der Waals surface area contributed by atoms with Gasteiger partial charge in [-0.3, -0.25) is 14.4 Å². The van der Waals surface area contributed by atoms with Gasteiger partial charge in [-0.2, -0.15) is 0 Å². The minimum Gasteiger partial charge on any atom is -0.348 e. The Balaban J connectivity index is 2.65. The first-order chi connectivity index (χ1) is 14.5. The van der Waals surface area contributed by atoms with Crippen LogP contribution in [-0.2, 0) is 19.9 Å². The third-order valence-electron chi connectivity index (χ3n) is 4.84. The first-order valence-corrected chi connectivity index (χ1v) is 9.57. The van der Waals surface area contributed by atoms with Crippen LogP contribution in [0.25, 0.3) is 0 Å². The van der Waals surface area contributed by atoms with Crippen molar-refractivity contribution in [3.05, 3.63) is 109 Å². The van der Waals surface area contributed by atoms with Crippen molar-refractivity contribution in [1.82, 2.24) is 10.6 Å². The highest BCUT2D eigenvalue weighted by Crippen LogP contribution is 2.37. The molecule has 0 radical (unpaired) electrons. The average Bonchev–Trinajstić information content (AvgIpc) is 2.77. The Morgan fingerprint density at radius 2 is 1.53 bits per heavy atom. The Kier molecular flexibility index (Phi) is 8.06. The van der Waals surface area contributed by atoms with Crippen molar-refractivity contribution in [3.8, 4) is 0 Å². The largest absolute Gasteiger partial charge is 0.348 e. The Labute approximate surface area is 177 Å². The molecule has 5 nitrogen and oxygen atoms in total. The Bertz CT molecular complexity index is 894. The van der Waals surface area contributed by atoms with E-state index in [1.807, 2.05) is 60.7 Å². The lowest BCUT2D eigenvalue weighted by atomic mass is 9.76. The molecule has 0 spiro atoms. The number of allylic oxidation sites excluding steroid dienone is 2. The van der Waals surface area contributed by atoms with Gasteiger partial charge in [-0.25, -0.2) is 0 Å². The minimum absolute atomic E-state index is 0.187. The van der Waals surface area contributed by atoms with Crippen LogP contribution in [0.15, 0.2) is 97.6 Å². The third-order valence-corrected chi connectivity index (χ3v) is 4.84. The molecule has 2 N–H and O–H groups in total. The number of amides is 2. The number of hydrogen-bond acceptors (Lipinski definition) is 3. The van der Waals surface area contributed by atoms with Crippen molar-refractivity contribution in [2.75, 3.05) is 0 Å². The maximum Gasteiger partial charge on any atom is 0.223 e. The fourth-order valence-electron chi connectivity index (χ4n) is 3.41. The van der Waals surface area contributed by atoms with Crippen molar-refractivity contribution in [1.29, 1.82) is 0 Å². The van der Waals surface area contributed by atoms with Gasteiger partial charge in [-0.15, -0.1) is 0 Å². The van der Waals surface area contributed by atoms with E-state index < -0.39 is 17.5 Å². The molecule has 5 heteroatoms. The van der Waals surface area contributed by atoms with Crippen LogP contribution in [0, 0.1) is 0 Å². The number of rotatable bonds is 11. The number of nitrogens with one attached hydrogen (secondary N) is 2. The smallest absolute Gasteiger partial charge is 0.223 e. The van der Waals surface area contributed by atoms with Gasteiger partial charge in [0.25, 0.3) is 0 Å². The van der Waals surface area contributed by atoms with Crippen LogP contribution < -0.4 is 10.6 Å². The number of carbonyl (C=O) groups is 3. The van der Waals surface area contributed by atoms with E-state index in [1.54, 1.807) is 18.2 Å². The molecule has 0 saturated carbocycles. The summed E-state index contributed by atoms with van der Waals surface area (Å²) in [5.74, 6) is -0.693. The molecule has 0 bridgehead atoms. The van der Waals surface area contributed by atoms with E-state index in [4.69, 9.17) is 0 Å². The van der Waals surface area contributed by atoms with Crippen LogP contribution in [0.2, 0.25) is 0 Å². The first kappa shape index (κ1) is 22.6. The van der Waals surface area contributed by atoms with E-state index in [2.05, 4.69) is 23.8 Å². The Morgan fingerprint density at radius 1 is 1.00 bits per heavy atom. The number of ketones is 1. The lowest BCUT2D eigenvalue weighted by molar-refractivity contribution is -0.128. The van der Waals surface area contributed by atoms with Crippen molar-refractivity contribution in [2.24, 2.45) is 0 Å². The van der Waals surface area contributed by atoms with Crippen LogP contribution in [0.3, 0.4) is 0 Å². The van der Waals surface area contributed by atoms with Crippen LogP contribution in [0.4, 0.5) is 0 Å². The van der Waals surface area contributed by atoms with E-state index in [9.17, 15) is 14.4 Å². The molecule has 1 unspecified atom stereocenters. The molecule has 0 fully saturated rings. The molecule has 2 amide bonds. The maximum atomic E-state index is 13.1. The summed E-state index contributed by atoms with van der Waals surface area (Å²) in [6.45, 7) is 9.07. The van der Waals surface area contributed by atoms with Crippen LogP contribution in [-0.4, -0.2) is 24.1 Å². The van der Waals surface area contributed by atoms with E-state index in [-0.39, 0.29) is 12.2 Å². The summed E-state index contributed by atoms with van der Waals surface area (Å²) in [5.41, 5.74) is 1.30. The van der Waals surface area contributed by atoms with Crippen molar-refractivity contribution >= 4 is 18.1 Å². The second-order valence-electron chi connectivity index (χ2n) is 6.74. The maximum absolute atomic E-state index is 13.1. The second-order valence-corrected chi connectivity index (χ2v) is 6.74. The van der Waals surface area contributed by atoms with E-state index in [0.29, 0.717) is 12.0 Å². The van der Waals surface area contributed by atoms with Gasteiger partial charge in [0.1, 0.15) is 5.54 Å². The molecule has 0 saturated heterocycles. The van der Waals surface area contributed by atoms with Crippen molar-refractivity contribution < 1.29 is 14.4 Å². The molecule has 0 heterocycles. The predicted octanol–water partition coefficient (Wildman–Crippen LogP) is 3.44. The van der Waals surface area contributed by atoms with Gasteiger partial charge >= 0.3 is 0 Å². The molecule has 0 aliphatic rings. The van der Waals surface area contributed by atoms with Gasteiger partial charge in [-0.1, -0.05) is 92.0 Å². The van der Waals surface area contributed by atoms with Gasteiger partial charge in [0, 0.05) is 0 Å². The topological polar surface area (TPSA) is 75.3 Å². The number of Topliss-reactive ketones (excluding diaryl/α,β-unsaturated/α-hetero) is 1. The molecular weight excluding hydrogens is 376 g/mol. The molecule has 154 valence electrons. The highest BCUT2D eigenvalue weighted by molar-refractivity contribution is 5.90. The molecule has 1 atom stereocenters. The fraction of sp³-hybridized carbons (Fsp3) is 0.160. The lowest BCUT2D eigenvalue weighted by Crippen LogP contribution is -2.50. The Morgan fingerprint density at radius 3 is 1.93 bits per heavy atom. The zero-order valence-electron chi connectivity index (χ0n) is 17.0. The zero-order chi connectivity index (χ0) is 22.0.